The fraction of sp³-hybridized carbons (Fsp3) is 0.167. The molecule has 0 heteroatoms. The fourth-order valence-corrected chi connectivity index (χ4v) is 4.23. The van der Waals surface area contributed by atoms with Crippen LogP contribution < -0.4 is 0 Å². The van der Waals surface area contributed by atoms with Crippen LogP contribution in [0, 0.1) is 11.8 Å². The Morgan fingerprint density at radius 3 is 1.03 bits per heavy atom. The average Bonchev–Trinajstić information content (AvgIpc) is 2.81. The third-order valence-electron chi connectivity index (χ3n) is 5.78. The molecule has 0 aromatic heterocycles. The summed E-state index contributed by atoms with van der Waals surface area (Å²) in [7, 11) is 0. The molecule has 4 rings (SSSR count). The lowest BCUT2D eigenvalue weighted by Gasteiger charge is -2.28. The van der Waals surface area contributed by atoms with Gasteiger partial charge in [0, 0.05) is 0 Å². The zero-order valence-corrected chi connectivity index (χ0v) is 17.5. The number of hydrogen-bond donors (Lipinski definition) is 0. The average molecular weight is 390 g/mol. The van der Waals surface area contributed by atoms with Crippen molar-refractivity contribution in [1.82, 2.24) is 0 Å². The molecule has 0 amide bonds. The number of hydrogen-bond acceptors (Lipinski definition) is 0. The molecule has 0 saturated carbocycles. The van der Waals surface area contributed by atoms with Crippen molar-refractivity contribution in [2.75, 3.05) is 0 Å². The Bertz CT molecular complexity index is 807. The monoisotopic (exact) mass is 389 g/mol. The highest BCUT2D eigenvalue weighted by Gasteiger charge is 2.24. The quantitative estimate of drug-likeness (QED) is 0.285. The second kappa shape index (κ2) is 10.6. The Morgan fingerprint density at radius 2 is 0.700 bits per heavy atom. The lowest BCUT2D eigenvalue weighted by atomic mass is 9.76. The maximum absolute atomic E-state index is 2.26. The van der Waals surface area contributed by atoms with Crippen molar-refractivity contribution in [1.29, 1.82) is 0 Å². The lowest BCUT2D eigenvalue weighted by molar-refractivity contribution is 0.500. The van der Waals surface area contributed by atoms with Crippen LogP contribution in [-0.4, -0.2) is 0 Å². The minimum atomic E-state index is 0.496. The molecule has 0 heterocycles. The van der Waals surface area contributed by atoms with Crippen LogP contribution in [0.3, 0.4) is 0 Å². The van der Waals surface area contributed by atoms with Crippen molar-refractivity contribution >= 4 is 0 Å². The van der Waals surface area contributed by atoms with Crippen molar-refractivity contribution in [2.24, 2.45) is 5.92 Å². The van der Waals surface area contributed by atoms with E-state index in [4.69, 9.17) is 0 Å². The first-order valence-corrected chi connectivity index (χ1v) is 10.9. The van der Waals surface area contributed by atoms with Gasteiger partial charge in [0.25, 0.3) is 0 Å². The van der Waals surface area contributed by atoms with Gasteiger partial charge in [-0.1, -0.05) is 121 Å². The van der Waals surface area contributed by atoms with Crippen molar-refractivity contribution in [3.8, 4) is 0 Å². The van der Waals surface area contributed by atoms with E-state index in [-0.39, 0.29) is 0 Å². The van der Waals surface area contributed by atoms with Gasteiger partial charge in [-0.25, -0.2) is 0 Å². The molecule has 0 bridgehead atoms. The summed E-state index contributed by atoms with van der Waals surface area (Å²) in [5.74, 6) is 2.11. The summed E-state index contributed by atoms with van der Waals surface area (Å²) < 4.78 is 0. The van der Waals surface area contributed by atoms with Gasteiger partial charge in [-0.05, 0) is 59.8 Å². The molecule has 149 valence electrons. The summed E-state index contributed by atoms with van der Waals surface area (Å²) in [4.78, 5) is 0. The van der Waals surface area contributed by atoms with Crippen LogP contribution >= 0.6 is 0 Å². The molecule has 4 aromatic carbocycles. The Balaban J connectivity index is 1.64. The minimum Gasteiger partial charge on any atom is -0.0622 e. The first-order valence-electron chi connectivity index (χ1n) is 10.9. The molecule has 0 spiro atoms. The summed E-state index contributed by atoms with van der Waals surface area (Å²) in [5.41, 5.74) is 5.62. The summed E-state index contributed by atoms with van der Waals surface area (Å²) in [6.45, 7) is 0. The summed E-state index contributed by atoms with van der Waals surface area (Å²) in [6, 6.07) is 43.7. The third-order valence-corrected chi connectivity index (χ3v) is 5.78. The van der Waals surface area contributed by atoms with E-state index in [1.54, 1.807) is 5.92 Å². The Morgan fingerprint density at radius 1 is 0.400 bits per heavy atom. The lowest BCUT2D eigenvalue weighted by Crippen LogP contribution is -2.22. The van der Waals surface area contributed by atoms with E-state index in [1.807, 2.05) is 0 Å². The topological polar surface area (TPSA) is 0 Å². The fourth-order valence-electron chi connectivity index (χ4n) is 4.23. The van der Waals surface area contributed by atoms with Gasteiger partial charge in [0.2, 0.25) is 0 Å². The van der Waals surface area contributed by atoms with Gasteiger partial charge in [-0.3, -0.25) is 0 Å². The molecular formula is C30H29. The van der Waals surface area contributed by atoms with Crippen molar-refractivity contribution in [3.05, 3.63) is 149 Å². The first kappa shape index (κ1) is 20.2. The van der Waals surface area contributed by atoms with Crippen LogP contribution in [-0.2, 0) is 25.7 Å². The zero-order chi connectivity index (χ0) is 20.4. The van der Waals surface area contributed by atoms with Gasteiger partial charge in [-0.2, -0.15) is 0 Å². The predicted octanol–water partition coefficient (Wildman–Crippen LogP) is 7.15. The smallest absolute Gasteiger partial charge is 0.0116 e. The first-order chi connectivity index (χ1) is 14.9. The standard InChI is InChI=1S/C30H29/c1-5-13-25(14-6-1)21-29(22-26-15-7-2-8-16-26)30(23-27-17-9-3-10-18-27)24-28-19-11-4-12-20-28/h1-20,29H,21-24H2. The molecule has 0 aliphatic heterocycles. The highest BCUT2D eigenvalue weighted by Crippen LogP contribution is 2.30. The maximum Gasteiger partial charge on any atom is -0.0116 e. The maximum atomic E-state index is 2.26. The van der Waals surface area contributed by atoms with Crippen molar-refractivity contribution in [3.63, 3.8) is 0 Å². The van der Waals surface area contributed by atoms with Crippen molar-refractivity contribution < 1.29 is 0 Å². The number of benzene rings is 4. The molecule has 0 unspecified atom stereocenters. The van der Waals surface area contributed by atoms with Crippen LogP contribution in [0.15, 0.2) is 121 Å². The second-order valence-electron chi connectivity index (χ2n) is 8.06. The van der Waals surface area contributed by atoms with E-state index in [2.05, 4.69) is 121 Å². The molecule has 1 radical (unpaired) electrons. The summed E-state index contributed by atoms with van der Waals surface area (Å²) >= 11 is 0. The van der Waals surface area contributed by atoms with Crippen LogP contribution in [0.1, 0.15) is 22.3 Å². The minimum absolute atomic E-state index is 0.496. The van der Waals surface area contributed by atoms with Gasteiger partial charge in [0.05, 0.1) is 0 Å². The molecule has 4 aromatic rings. The summed E-state index contributed by atoms with van der Waals surface area (Å²) in [5, 5.41) is 0. The van der Waals surface area contributed by atoms with E-state index in [0.717, 1.165) is 25.7 Å². The van der Waals surface area contributed by atoms with E-state index < -0.39 is 0 Å². The van der Waals surface area contributed by atoms with Gasteiger partial charge < -0.3 is 0 Å². The molecular weight excluding hydrogens is 360 g/mol. The largest absolute Gasteiger partial charge is 0.0622 e. The highest BCUT2D eigenvalue weighted by molar-refractivity contribution is 5.28. The Labute approximate surface area is 181 Å². The van der Waals surface area contributed by atoms with E-state index in [9.17, 15) is 0 Å². The molecule has 0 N–H and O–H groups in total. The Kier molecular flexibility index (Phi) is 7.12. The third kappa shape index (κ3) is 5.94. The summed E-state index contributed by atoms with van der Waals surface area (Å²) in [6.07, 6.45) is 4.20. The second-order valence-corrected chi connectivity index (χ2v) is 8.06. The van der Waals surface area contributed by atoms with Crippen molar-refractivity contribution in [2.45, 2.75) is 25.7 Å². The molecule has 0 atom stereocenters. The van der Waals surface area contributed by atoms with Crippen LogP contribution in [0.4, 0.5) is 0 Å². The SMILES string of the molecule is c1ccc(C[C](Cc2ccccc2)C(Cc2ccccc2)Cc2ccccc2)cc1. The zero-order valence-electron chi connectivity index (χ0n) is 17.5. The normalized spacial score (nSPS) is 11.1. The molecule has 0 fully saturated rings. The van der Waals surface area contributed by atoms with Crippen LogP contribution in [0.2, 0.25) is 0 Å². The molecule has 0 aliphatic rings. The molecule has 30 heavy (non-hydrogen) atoms. The number of rotatable bonds is 9. The molecule has 0 aliphatic carbocycles. The van der Waals surface area contributed by atoms with Gasteiger partial charge in [-0.15, -0.1) is 0 Å². The highest BCUT2D eigenvalue weighted by atomic mass is 14.3. The molecule has 0 saturated heterocycles. The van der Waals surface area contributed by atoms with Gasteiger partial charge in [0.1, 0.15) is 0 Å². The van der Waals surface area contributed by atoms with Crippen LogP contribution in [0.25, 0.3) is 0 Å². The molecule has 0 nitrogen and oxygen atoms in total. The van der Waals surface area contributed by atoms with E-state index >= 15 is 0 Å². The van der Waals surface area contributed by atoms with E-state index in [0.29, 0.717) is 5.92 Å². The predicted molar refractivity (Wildman–Crippen MR) is 127 cm³/mol. The van der Waals surface area contributed by atoms with Crippen LogP contribution in [0.5, 0.6) is 0 Å². The Hall–Kier alpha value is -3.12. The van der Waals surface area contributed by atoms with E-state index in [1.165, 1.54) is 22.3 Å². The van der Waals surface area contributed by atoms with Gasteiger partial charge >= 0.3 is 0 Å². The van der Waals surface area contributed by atoms with Gasteiger partial charge in [0.15, 0.2) is 0 Å².